The smallest absolute Gasteiger partial charge is 0.232 e. The van der Waals surface area contributed by atoms with E-state index >= 15 is 0 Å². The van der Waals surface area contributed by atoms with Gasteiger partial charge in [0, 0.05) is 30.3 Å². The second kappa shape index (κ2) is 7.58. The Balaban J connectivity index is 1.57. The Labute approximate surface area is 169 Å². The number of rotatable bonds is 5. The Morgan fingerprint density at radius 2 is 1.76 bits per heavy atom. The number of hydrogen-bond donors (Lipinski definition) is 0. The zero-order valence-corrected chi connectivity index (χ0v) is 16.9. The molecule has 4 rings (SSSR count). The van der Waals surface area contributed by atoms with E-state index in [1.54, 1.807) is 25.2 Å². The predicted octanol–water partition coefficient (Wildman–Crippen LogP) is 3.89. The number of anilines is 1. The van der Waals surface area contributed by atoms with Gasteiger partial charge in [-0.1, -0.05) is 11.2 Å². The largest absolute Gasteiger partial charge is 0.497 e. The summed E-state index contributed by atoms with van der Waals surface area (Å²) in [5, 5.41) is 4.10. The molecule has 1 saturated heterocycles. The lowest BCUT2D eigenvalue weighted by Gasteiger charge is -2.17. The number of aromatic nitrogens is 2. The fourth-order valence-corrected chi connectivity index (χ4v) is 3.47. The Morgan fingerprint density at radius 3 is 2.41 bits per heavy atom. The highest BCUT2D eigenvalue weighted by molar-refractivity contribution is 5.96. The first kappa shape index (κ1) is 19.0. The van der Waals surface area contributed by atoms with Crippen LogP contribution in [0.4, 0.5) is 5.69 Å². The van der Waals surface area contributed by atoms with Crippen LogP contribution < -0.4 is 14.4 Å². The van der Waals surface area contributed by atoms with Crippen molar-refractivity contribution in [2.45, 2.75) is 26.2 Å². The van der Waals surface area contributed by atoms with Crippen molar-refractivity contribution < 1.29 is 18.8 Å². The number of methoxy groups -OCH3 is 2. The van der Waals surface area contributed by atoms with Gasteiger partial charge in [-0.05, 0) is 49.2 Å². The van der Waals surface area contributed by atoms with Gasteiger partial charge in [-0.25, -0.2) is 0 Å². The SMILES string of the molecule is COc1cc(OC)cc(-c2noc(C3CC(=O)N(c4ccc(C)c(C)c4)C3)n2)c1. The highest BCUT2D eigenvalue weighted by atomic mass is 16.5. The van der Waals surface area contributed by atoms with Gasteiger partial charge in [-0.2, -0.15) is 4.98 Å². The van der Waals surface area contributed by atoms with Gasteiger partial charge in [0.1, 0.15) is 11.5 Å². The summed E-state index contributed by atoms with van der Waals surface area (Å²) < 4.78 is 16.1. The number of aryl methyl sites for hydroxylation is 2. The third-order valence-corrected chi connectivity index (χ3v) is 5.33. The van der Waals surface area contributed by atoms with E-state index in [2.05, 4.69) is 17.1 Å². The molecule has 2 aromatic carbocycles. The molecule has 0 aliphatic carbocycles. The maximum atomic E-state index is 12.6. The topological polar surface area (TPSA) is 77.7 Å². The Kier molecular flexibility index (Phi) is 4.96. The first-order valence-electron chi connectivity index (χ1n) is 9.43. The molecule has 0 spiro atoms. The lowest BCUT2D eigenvalue weighted by molar-refractivity contribution is -0.117. The third-order valence-electron chi connectivity index (χ3n) is 5.33. The molecular weight excluding hydrogens is 370 g/mol. The molecule has 1 atom stereocenters. The number of ether oxygens (including phenoxy) is 2. The van der Waals surface area contributed by atoms with Crippen LogP contribution in [0.5, 0.6) is 11.5 Å². The molecule has 1 amide bonds. The normalized spacial score (nSPS) is 16.3. The fraction of sp³-hybridized carbons (Fsp3) is 0.318. The number of hydrogen-bond acceptors (Lipinski definition) is 6. The van der Waals surface area contributed by atoms with Crippen molar-refractivity contribution >= 4 is 11.6 Å². The summed E-state index contributed by atoms with van der Waals surface area (Å²) in [4.78, 5) is 18.9. The summed E-state index contributed by atoms with van der Waals surface area (Å²) >= 11 is 0. The predicted molar refractivity (Wildman–Crippen MR) is 108 cm³/mol. The highest BCUT2D eigenvalue weighted by Gasteiger charge is 2.35. The van der Waals surface area contributed by atoms with Crippen molar-refractivity contribution in [2.24, 2.45) is 0 Å². The maximum Gasteiger partial charge on any atom is 0.232 e. The molecule has 1 aliphatic heterocycles. The van der Waals surface area contributed by atoms with Gasteiger partial charge in [0.15, 0.2) is 0 Å². The number of benzene rings is 2. The molecule has 7 heteroatoms. The zero-order valence-electron chi connectivity index (χ0n) is 16.9. The second-order valence-electron chi connectivity index (χ2n) is 7.23. The van der Waals surface area contributed by atoms with Gasteiger partial charge in [0.25, 0.3) is 0 Å². The molecule has 0 N–H and O–H groups in total. The van der Waals surface area contributed by atoms with Crippen LogP contribution in [0.1, 0.15) is 29.4 Å². The van der Waals surface area contributed by atoms with E-state index in [0.29, 0.717) is 36.2 Å². The molecule has 1 aromatic heterocycles. The third kappa shape index (κ3) is 3.68. The monoisotopic (exact) mass is 393 g/mol. The van der Waals surface area contributed by atoms with Crippen molar-refractivity contribution in [1.82, 2.24) is 10.1 Å². The van der Waals surface area contributed by atoms with Gasteiger partial charge < -0.3 is 18.9 Å². The minimum absolute atomic E-state index is 0.0565. The van der Waals surface area contributed by atoms with E-state index in [1.807, 2.05) is 37.3 Å². The first-order valence-corrected chi connectivity index (χ1v) is 9.43. The van der Waals surface area contributed by atoms with Crippen LogP contribution in [-0.2, 0) is 4.79 Å². The summed E-state index contributed by atoms with van der Waals surface area (Å²) in [7, 11) is 3.18. The van der Waals surface area contributed by atoms with Crippen LogP contribution in [0, 0.1) is 13.8 Å². The first-order chi connectivity index (χ1) is 14.0. The Morgan fingerprint density at radius 1 is 1.03 bits per heavy atom. The van der Waals surface area contributed by atoms with E-state index in [1.165, 1.54) is 5.56 Å². The van der Waals surface area contributed by atoms with Gasteiger partial charge in [0.05, 0.1) is 20.1 Å². The molecule has 0 saturated carbocycles. The van der Waals surface area contributed by atoms with Crippen LogP contribution in [0.15, 0.2) is 40.9 Å². The molecule has 0 bridgehead atoms. The van der Waals surface area contributed by atoms with E-state index in [-0.39, 0.29) is 11.8 Å². The average molecular weight is 393 g/mol. The quantitative estimate of drug-likeness (QED) is 0.654. The summed E-state index contributed by atoms with van der Waals surface area (Å²) in [6, 6.07) is 11.5. The van der Waals surface area contributed by atoms with Crippen molar-refractivity contribution in [1.29, 1.82) is 0 Å². The summed E-state index contributed by atoms with van der Waals surface area (Å²) in [5.74, 6) is 2.10. The van der Waals surface area contributed by atoms with E-state index < -0.39 is 0 Å². The molecule has 7 nitrogen and oxygen atoms in total. The minimum Gasteiger partial charge on any atom is -0.497 e. The van der Waals surface area contributed by atoms with Gasteiger partial charge in [0.2, 0.25) is 17.6 Å². The number of nitrogens with zero attached hydrogens (tertiary/aromatic N) is 3. The average Bonchev–Trinajstić information content (AvgIpc) is 3.36. The molecule has 29 heavy (non-hydrogen) atoms. The van der Waals surface area contributed by atoms with Gasteiger partial charge >= 0.3 is 0 Å². The van der Waals surface area contributed by atoms with Crippen LogP contribution in [0.3, 0.4) is 0 Å². The van der Waals surface area contributed by atoms with E-state index in [0.717, 1.165) is 16.8 Å². The molecule has 0 radical (unpaired) electrons. The molecular formula is C22H23N3O4. The number of amides is 1. The maximum absolute atomic E-state index is 12.6. The molecule has 3 aromatic rings. The van der Waals surface area contributed by atoms with Crippen LogP contribution in [0.2, 0.25) is 0 Å². The van der Waals surface area contributed by atoms with Crippen LogP contribution in [-0.4, -0.2) is 36.8 Å². The number of carbonyl (C=O) groups is 1. The summed E-state index contributed by atoms with van der Waals surface area (Å²) in [6.07, 6.45) is 0.343. The molecule has 1 unspecified atom stereocenters. The van der Waals surface area contributed by atoms with Crippen molar-refractivity contribution in [3.63, 3.8) is 0 Å². The molecule has 1 fully saturated rings. The minimum atomic E-state index is -0.141. The highest BCUT2D eigenvalue weighted by Crippen LogP contribution is 2.34. The molecule has 2 heterocycles. The van der Waals surface area contributed by atoms with Crippen LogP contribution in [0.25, 0.3) is 11.4 Å². The summed E-state index contributed by atoms with van der Waals surface area (Å²) in [5.41, 5.74) is 3.99. The van der Waals surface area contributed by atoms with Crippen molar-refractivity contribution in [2.75, 3.05) is 25.7 Å². The molecule has 1 aliphatic rings. The van der Waals surface area contributed by atoms with Crippen molar-refractivity contribution in [3.8, 4) is 22.9 Å². The Hall–Kier alpha value is -3.35. The van der Waals surface area contributed by atoms with E-state index in [4.69, 9.17) is 14.0 Å². The lowest BCUT2D eigenvalue weighted by atomic mass is 10.1. The standard InChI is InChI=1S/C22H23N3O4/c1-13-5-6-17(7-14(13)2)25-12-16(10-20(25)26)22-23-21(24-29-22)15-8-18(27-3)11-19(9-15)28-4/h5-9,11,16H,10,12H2,1-4H3. The zero-order chi connectivity index (χ0) is 20.5. The van der Waals surface area contributed by atoms with Crippen LogP contribution >= 0.6 is 0 Å². The van der Waals surface area contributed by atoms with E-state index in [9.17, 15) is 4.79 Å². The lowest BCUT2D eigenvalue weighted by Crippen LogP contribution is -2.24. The Bertz CT molecular complexity index is 1040. The van der Waals surface area contributed by atoms with Gasteiger partial charge in [-0.15, -0.1) is 0 Å². The van der Waals surface area contributed by atoms with Crippen molar-refractivity contribution in [3.05, 3.63) is 53.4 Å². The second-order valence-corrected chi connectivity index (χ2v) is 7.23. The number of carbonyl (C=O) groups excluding carboxylic acids is 1. The summed E-state index contributed by atoms with van der Waals surface area (Å²) in [6.45, 7) is 4.62. The van der Waals surface area contributed by atoms with Gasteiger partial charge in [-0.3, -0.25) is 4.79 Å². The molecule has 150 valence electrons. The fourth-order valence-electron chi connectivity index (χ4n) is 3.47.